The van der Waals surface area contributed by atoms with Crippen LogP contribution < -0.4 is 11.1 Å². The molecule has 3 nitrogen and oxygen atoms in total. The van der Waals surface area contributed by atoms with E-state index in [1.807, 2.05) is 6.20 Å². The zero-order valence-corrected chi connectivity index (χ0v) is 16.0. The minimum absolute atomic E-state index is 0.467. The van der Waals surface area contributed by atoms with Gasteiger partial charge in [0, 0.05) is 25.5 Å². The van der Waals surface area contributed by atoms with Crippen molar-refractivity contribution < 1.29 is 0 Å². The van der Waals surface area contributed by atoms with Crippen LogP contribution in [0.3, 0.4) is 0 Å². The molecule has 1 atom stereocenters. The van der Waals surface area contributed by atoms with Crippen molar-refractivity contribution in [3.8, 4) is 0 Å². The zero-order chi connectivity index (χ0) is 17.3. The monoisotopic (exact) mass is 335 g/mol. The molecule has 0 fully saturated rings. The van der Waals surface area contributed by atoms with Crippen molar-refractivity contribution in [3.63, 3.8) is 0 Å². The summed E-state index contributed by atoms with van der Waals surface area (Å²) in [6, 6.07) is 0. The smallest absolute Gasteiger partial charge is 0.0981 e. The maximum Gasteiger partial charge on any atom is 0.0981 e. The highest BCUT2D eigenvalue weighted by Crippen LogP contribution is 2.13. The third-order valence-electron chi connectivity index (χ3n) is 4.83. The van der Waals surface area contributed by atoms with E-state index in [4.69, 9.17) is 5.73 Å². The molecule has 0 aromatic rings. The van der Waals surface area contributed by atoms with Crippen LogP contribution in [0, 0.1) is 0 Å². The minimum Gasteiger partial charge on any atom is -0.370 e. The van der Waals surface area contributed by atoms with Gasteiger partial charge in [-0.3, -0.25) is 0 Å². The van der Waals surface area contributed by atoms with Gasteiger partial charge >= 0.3 is 0 Å². The van der Waals surface area contributed by atoms with E-state index in [9.17, 15) is 0 Å². The fourth-order valence-electron chi connectivity index (χ4n) is 3.31. The number of hydrogen-bond donors (Lipinski definition) is 2. The number of hydrogen-bond acceptors (Lipinski definition) is 3. The molecule has 0 amide bonds. The summed E-state index contributed by atoms with van der Waals surface area (Å²) in [6.45, 7) is 3.96. The largest absolute Gasteiger partial charge is 0.370 e. The molecule has 3 N–H and O–H groups in total. The molecule has 1 aliphatic heterocycles. The molecule has 3 heteroatoms. The van der Waals surface area contributed by atoms with Gasteiger partial charge in [0.05, 0.1) is 6.17 Å². The highest BCUT2D eigenvalue weighted by molar-refractivity contribution is 4.94. The molecule has 0 radical (unpaired) electrons. The fourth-order valence-corrected chi connectivity index (χ4v) is 3.31. The second kappa shape index (κ2) is 15.6. The maximum absolute atomic E-state index is 5.64. The highest BCUT2D eigenvalue weighted by atomic mass is 15.3. The van der Waals surface area contributed by atoms with Crippen molar-refractivity contribution in [2.45, 2.75) is 96.6 Å². The lowest BCUT2D eigenvalue weighted by Crippen LogP contribution is -2.37. The van der Waals surface area contributed by atoms with Crippen LogP contribution in [0.2, 0.25) is 0 Å². The van der Waals surface area contributed by atoms with Crippen LogP contribution in [0.4, 0.5) is 0 Å². The molecule has 140 valence electrons. The summed E-state index contributed by atoms with van der Waals surface area (Å²) in [5, 5.41) is 3.41. The number of unbranched alkanes of at least 4 members (excludes halogenated alkanes) is 10. The van der Waals surface area contributed by atoms with E-state index in [0.29, 0.717) is 6.17 Å². The van der Waals surface area contributed by atoms with E-state index in [1.165, 1.54) is 83.5 Å². The number of rotatable bonds is 16. The molecule has 0 aromatic carbocycles. The molecular formula is C21H41N3. The van der Waals surface area contributed by atoms with Crippen molar-refractivity contribution in [3.05, 3.63) is 24.6 Å². The van der Waals surface area contributed by atoms with Crippen molar-refractivity contribution in [1.82, 2.24) is 10.2 Å². The molecule has 1 heterocycles. The third kappa shape index (κ3) is 10.7. The summed E-state index contributed by atoms with van der Waals surface area (Å²) in [7, 11) is 0. The molecule has 0 bridgehead atoms. The molecular weight excluding hydrogens is 294 g/mol. The van der Waals surface area contributed by atoms with E-state index in [-0.39, 0.29) is 0 Å². The van der Waals surface area contributed by atoms with E-state index in [1.54, 1.807) is 0 Å². The van der Waals surface area contributed by atoms with Crippen molar-refractivity contribution in [2.24, 2.45) is 5.73 Å². The Morgan fingerprint density at radius 1 is 0.917 bits per heavy atom. The van der Waals surface area contributed by atoms with Gasteiger partial charge in [0.15, 0.2) is 0 Å². The fraction of sp³-hybridized carbons (Fsp3) is 0.810. The predicted octanol–water partition coefficient (Wildman–Crippen LogP) is 5.30. The summed E-state index contributed by atoms with van der Waals surface area (Å²) in [5.74, 6) is 0. The van der Waals surface area contributed by atoms with E-state index in [0.717, 1.165) is 13.1 Å². The molecule has 24 heavy (non-hydrogen) atoms. The van der Waals surface area contributed by atoms with Gasteiger partial charge in [0.25, 0.3) is 0 Å². The molecule has 0 saturated carbocycles. The van der Waals surface area contributed by atoms with Gasteiger partial charge in [0.2, 0.25) is 0 Å². The van der Waals surface area contributed by atoms with Gasteiger partial charge in [-0.1, -0.05) is 64.0 Å². The topological polar surface area (TPSA) is 41.3 Å². The van der Waals surface area contributed by atoms with E-state index < -0.39 is 0 Å². The van der Waals surface area contributed by atoms with Crippen LogP contribution in [0.5, 0.6) is 0 Å². The van der Waals surface area contributed by atoms with Crippen molar-refractivity contribution >= 4 is 0 Å². The van der Waals surface area contributed by atoms with Crippen LogP contribution in [0.25, 0.3) is 0 Å². The average molecular weight is 336 g/mol. The van der Waals surface area contributed by atoms with Crippen molar-refractivity contribution in [2.75, 3.05) is 13.1 Å². The highest BCUT2D eigenvalue weighted by Gasteiger charge is 2.16. The number of nitrogens with two attached hydrogens (primary N) is 1. The molecule has 0 saturated heterocycles. The molecule has 1 aliphatic rings. The summed E-state index contributed by atoms with van der Waals surface area (Å²) in [5.41, 5.74) is 5.64. The number of allylic oxidation sites excluding steroid dienone is 2. The average Bonchev–Trinajstić information content (AvgIpc) is 3.03. The quantitative estimate of drug-likeness (QED) is 0.297. The Morgan fingerprint density at radius 2 is 1.54 bits per heavy atom. The zero-order valence-electron chi connectivity index (χ0n) is 16.0. The second-order valence-corrected chi connectivity index (χ2v) is 7.04. The predicted molar refractivity (Wildman–Crippen MR) is 107 cm³/mol. The van der Waals surface area contributed by atoms with Crippen molar-refractivity contribution in [1.29, 1.82) is 0 Å². The molecule has 0 aliphatic carbocycles. The Hall–Kier alpha value is -0.960. The summed E-state index contributed by atoms with van der Waals surface area (Å²) in [6.07, 6.45) is 27.0. The van der Waals surface area contributed by atoms with Gasteiger partial charge in [-0.2, -0.15) is 0 Å². The van der Waals surface area contributed by atoms with Crippen LogP contribution in [-0.2, 0) is 0 Å². The number of nitrogens with one attached hydrogen (secondary N) is 1. The Balaban J connectivity index is 1.83. The third-order valence-corrected chi connectivity index (χ3v) is 4.83. The standard InChI is InChI=1S/C21H41N3/c1-2-3-4-5-6-7-8-9-10-11-12-13-14-15-16-21-23-18-20-24(21)19-17-22/h11-12,18,20-21,23H,2-10,13-17,19,22H2,1H3/b12-11+. The Labute approximate surface area is 150 Å². The van der Waals surface area contributed by atoms with Gasteiger partial charge in [-0.15, -0.1) is 0 Å². The normalized spacial score (nSPS) is 17.1. The van der Waals surface area contributed by atoms with E-state index in [2.05, 4.69) is 35.5 Å². The van der Waals surface area contributed by atoms with Crippen LogP contribution in [0.1, 0.15) is 90.4 Å². The first-order chi connectivity index (χ1) is 11.9. The minimum atomic E-state index is 0.467. The lowest BCUT2D eigenvalue weighted by atomic mass is 10.1. The Morgan fingerprint density at radius 3 is 2.21 bits per heavy atom. The molecule has 0 spiro atoms. The first-order valence-electron chi connectivity index (χ1n) is 10.4. The first kappa shape index (κ1) is 21.1. The summed E-state index contributed by atoms with van der Waals surface area (Å²) in [4.78, 5) is 2.32. The van der Waals surface area contributed by atoms with Crippen LogP contribution in [-0.4, -0.2) is 24.2 Å². The number of nitrogens with zero attached hydrogens (tertiary/aromatic N) is 1. The van der Waals surface area contributed by atoms with Gasteiger partial charge in [0.1, 0.15) is 0 Å². The SMILES string of the molecule is CCCCCCCCCC/C=C/CCCCC1NC=CN1CCN. The first-order valence-corrected chi connectivity index (χ1v) is 10.4. The summed E-state index contributed by atoms with van der Waals surface area (Å²) >= 11 is 0. The van der Waals surface area contributed by atoms with Crippen LogP contribution in [0.15, 0.2) is 24.6 Å². The van der Waals surface area contributed by atoms with Gasteiger partial charge < -0.3 is 16.0 Å². The summed E-state index contributed by atoms with van der Waals surface area (Å²) < 4.78 is 0. The Kier molecular flexibility index (Phi) is 13.7. The molecule has 1 rings (SSSR count). The lowest BCUT2D eigenvalue weighted by Gasteiger charge is -2.24. The van der Waals surface area contributed by atoms with E-state index >= 15 is 0 Å². The second-order valence-electron chi connectivity index (χ2n) is 7.04. The van der Waals surface area contributed by atoms with Gasteiger partial charge in [-0.25, -0.2) is 0 Å². The maximum atomic E-state index is 5.64. The Bertz CT molecular complexity index is 325. The van der Waals surface area contributed by atoms with Gasteiger partial charge in [-0.05, 0) is 38.5 Å². The molecule has 1 unspecified atom stereocenters. The van der Waals surface area contributed by atoms with Crippen LogP contribution >= 0.6 is 0 Å². The molecule has 0 aromatic heterocycles. The lowest BCUT2D eigenvalue weighted by molar-refractivity contribution is 0.265.